The third kappa shape index (κ3) is 3.08. The van der Waals surface area contributed by atoms with Crippen molar-refractivity contribution in [3.63, 3.8) is 0 Å². The standard InChI is InChI=1S/C16H19IN6O2/c1-8-11(20-15(25-4)9(2)13(8)24-3)6-23-7-19-12-10(5-17)21-16(18)22-14(12)23/h7H,5-6H2,1-4H3,(H2,18,21,22). The Morgan fingerprint density at radius 2 is 1.84 bits per heavy atom. The number of nitrogen functional groups attached to an aromatic ring is 1. The van der Waals surface area contributed by atoms with Crippen molar-refractivity contribution in [1.82, 2.24) is 24.5 Å². The number of nitrogens with zero attached hydrogens (tertiary/aromatic N) is 5. The van der Waals surface area contributed by atoms with Gasteiger partial charge < -0.3 is 19.8 Å². The number of methoxy groups -OCH3 is 2. The van der Waals surface area contributed by atoms with Gasteiger partial charge in [0.2, 0.25) is 11.8 Å². The summed E-state index contributed by atoms with van der Waals surface area (Å²) in [5, 5.41) is 0. The number of aromatic nitrogens is 5. The average Bonchev–Trinajstić information content (AvgIpc) is 2.99. The molecule has 0 spiro atoms. The molecular weight excluding hydrogens is 435 g/mol. The SMILES string of the molecule is COc1nc(Cn2cnc3c(CI)nc(N)nc32)c(C)c(OC)c1C. The minimum absolute atomic E-state index is 0.240. The van der Waals surface area contributed by atoms with Gasteiger partial charge in [-0.1, -0.05) is 22.6 Å². The molecular formula is C16H19IN6O2. The molecule has 0 fully saturated rings. The van der Waals surface area contributed by atoms with E-state index in [0.717, 1.165) is 33.8 Å². The summed E-state index contributed by atoms with van der Waals surface area (Å²) in [5.41, 5.74) is 10.8. The number of alkyl halides is 1. The van der Waals surface area contributed by atoms with E-state index in [2.05, 4.69) is 42.5 Å². The molecule has 2 N–H and O–H groups in total. The first-order chi connectivity index (χ1) is 12.0. The number of halogens is 1. The maximum absolute atomic E-state index is 5.84. The second kappa shape index (κ2) is 6.98. The molecule has 0 aromatic carbocycles. The Kier molecular flexibility index (Phi) is 4.93. The summed E-state index contributed by atoms with van der Waals surface area (Å²) in [6.45, 7) is 4.38. The largest absolute Gasteiger partial charge is 0.496 e. The molecule has 0 radical (unpaired) electrons. The van der Waals surface area contributed by atoms with Crippen LogP contribution in [0.4, 0.5) is 5.95 Å². The molecule has 0 saturated heterocycles. The van der Waals surface area contributed by atoms with E-state index in [4.69, 9.17) is 15.2 Å². The second-order valence-corrected chi connectivity index (χ2v) is 6.32. The van der Waals surface area contributed by atoms with E-state index in [0.29, 0.717) is 22.5 Å². The van der Waals surface area contributed by atoms with Gasteiger partial charge in [-0.15, -0.1) is 0 Å². The van der Waals surface area contributed by atoms with Crippen molar-refractivity contribution in [3.05, 3.63) is 28.8 Å². The summed E-state index contributed by atoms with van der Waals surface area (Å²) in [6.07, 6.45) is 1.73. The van der Waals surface area contributed by atoms with E-state index in [-0.39, 0.29) is 5.95 Å². The highest BCUT2D eigenvalue weighted by molar-refractivity contribution is 14.1. The number of ether oxygens (including phenoxy) is 2. The molecule has 0 bridgehead atoms. The minimum atomic E-state index is 0.240. The van der Waals surface area contributed by atoms with Crippen LogP contribution in [-0.2, 0) is 11.0 Å². The molecule has 0 amide bonds. The Labute approximate surface area is 158 Å². The number of anilines is 1. The smallest absolute Gasteiger partial charge is 0.222 e. The lowest BCUT2D eigenvalue weighted by Crippen LogP contribution is -2.09. The highest BCUT2D eigenvalue weighted by Gasteiger charge is 2.18. The van der Waals surface area contributed by atoms with Crippen LogP contribution in [0.25, 0.3) is 11.2 Å². The molecule has 3 rings (SSSR count). The molecule has 3 aromatic heterocycles. The van der Waals surface area contributed by atoms with Gasteiger partial charge in [-0.05, 0) is 13.8 Å². The summed E-state index contributed by atoms with van der Waals surface area (Å²) >= 11 is 2.24. The van der Waals surface area contributed by atoms with Crippen LogP contribution in [0.1, 0.15) is 22.5 Å². The topological polar surface area (TPSA) is 101 Å². The molecule has 132 valence electrons. The lowest BCUT2D eigenvalue weighted by Gasteiger charge is -2.16. The van der Waals surface area contributed by atoms with E-state index in [9.17, 15) is 0 Å². The van der Waals surface area contributed by atoms with Gasteiger partial charge in [-0.25, -0.2) is 15.0 Å². The van der Waals surface area contributed by atoms with Gasteiger partial charge in [-0.3, -0.25) is 0 Å². The van der Waals surface area contributed by atoms with Crippen molar-refractivity contribution in [3.8, 4) is 11.6 Å². The van der Waals surface area contributed by atoms with Crippen molar-refractivity contribution in [2.45, 2.75) is 24.8 Å². The molecule has 3 aromatic rings. The van der Waals surface area contributed by atoms with Crippen LogP contribution >= 0.6 is 22.6 Å². The monoisotopic (exact) mass is 454 g/mol. The molecule has 0 aliphatic rings. The van der Waals surface area contributed by atoms with Crippen LogP contribution in [0.5, 0.6) is 11.6 Å². The number of pyridine rings is 1. The van der Waals surface area contributed by atoms with E-state index in [1.54, 1.807) is 20.5 Å². The van der Waals surface area contributed by atoms with Gasteiger partial charge in [0.1, 0.15) is 11.3 Å². The fraction of sp³-hybridized carbons (Fsp3) is 0.375. The van der Waals surface area contributed by atoms with Crippen molar-refractivity contribution in [1.29, 1.82) is 0 Å². The molecule has 0 aliphatic carbocycles. The normalized spacial score (nSPS) is 11.1. The second-order valence-electron chi connectivity index (χ2n) is 5.56. The number of rotatable bonds is 5. The third-order valence-electron chi connectivity index (χ3n) is 4.07. The zero-order valence-corrected chi connectivity index (χ0v) is 16.7. The highest BCUT2D eigenvalue weighted by atomic mass is 127. The summed E-state index contributed by atoms with van der Waals surface area (Å²) in [7, 11) is 3.24. The van der Waals surface area contributed by atoms with Crippen molar-refractivity contribution in [2.75, 3.05) is 20.0 Å². The van der Waals surface area contributed by atoms with E-state index in [1.165, 1.54) is 0 Å². The Balaban J connectivity index is 2.12. The first-order valence-corrected chi connectivity index (χ1v) is 9.13. The lowest BCUT2D eigenvalue weighted by atomic mass is 10.1. The van der Waals surface area contributed by atoms with E-state index < -0.39 is 0 Å². The average molecular weight is 454 g/mol. The van der Waals surface area contributed by atoms with Crippen molar-refractivity contribution in [2.24, 2.45) is 0 Å². The number of fused-ring (bicyclic) bond motifs is 1. The molecule has 9 heteroatoms. The zero-order chi connectivity index (χ0) is 18.1. The van der Waals surface area contributed by atoms with Crippen molar-refractivity contribution < 1.29 is 9.47 Å². The van der Waals surface area contributed by atoms with Gasteiger partial charge >= 0.3 is 0 Å². The fourth-order valence-corrected chi connectivity index (χ4v) is 3.38. The maximum Gasteiger partial charge on any atom is 0.222 e. The van der Waals surface area contributed by atoms with Gasteiger partial charge in [0.15, 0.2) is 5.65 Å². The first-order valence-electron chi connectivity index (χ1n) is 7.61. The molecule has 3 heterocycles. The van der Waals surface area contributed by atoms with Crippen LogP contribution in [0.2, 0.25) is 0 Å². The Hall–Kier alpha value is -2.17. The summed E-state index contributed by atoms with van der Waals surface area (Å²) in [6, 6.07) is 0. The van der Waals surface area contributed by atoms with Crippen LogP contribution < -0.4 is 15.2 Å². The van der Waals surface area contributed by atoms with Crippen LogP contribution in [0.15, 0.2) is 6.33 Å². The van der Waals surface area contributed by atoms with Crippen LogP contribution in [-0.4, -0.2) is 38.7 Å². The van der Waals surface area contributed by atoms with Crippen LogP contribution in [0.3, 0.4) is 0 Å². The fourth-order valence-electron chi connectivity index (χ4n) is 2.85. The molecule has 25 heavy (non-hydrogen) atoms. The minimum Gasteiger partial charge on any atom is -0.496 e. The van der Waals surface area contributed by atoms with Gasteiger partial charge in [-0.2, -0.15) is 4.98 Å². The Morgan fingerprint density at radius 1 is 1.08 bits per heavy atom. The van der Waals surface area contributed by atoms with Gasteiger partial charge in [0, 0.05) is 9.99 Å². The molecule has 0 saturated carbocycles. The number of hydrogen-bond donors (Lipinski definition) is 1. The molecule has 0 aliphatic heterocycles. The zero-order valence-electron chi connectivity index (χ0n) is 14.5. The third-order valence-corrected chi connectivity index (χ3v) is 4.79. The number of imidazole rings is 1. The van der Waals surface area contributed by atoms with Crippen molar-refractivity contribution >= 4 is 39.7 Å². The van der Waals surface area contributed by atoms with E-state index >= 15 is 0 Å². The number of nitrogens with two attached hydrogens (primary N) is 1. The quantitative estimate of drug-likeness (QED) is 0.467. The molecule has 0 unspecified atom stereocenters. The van der Waals surface area contributed by atoms with Gasteiger partial charge in [0.05, 0.1) is 44.0 Å². The summed E-state index contributed by atoms with van der Waals surface area (Å²) < 4.78 is 13.5. The molecule has 8 nitrogen and oxygen atoms in total. The van der Waals surface area contributed by atoms with Gasteiger partial charge in [0.25, 0.3) is 0 Å². The number of hydrogen-bond acceptors (Lipinski definition) is 7. The lowest BCUT2D eigenvalue weighted by molar-refractivity contribution is 0.372. The Morgan fingerprint density at radius 3 is 2.48 bits per heavy atom. The van der Waals surface area contributed by atoms with E-state index in [1.807, 2.05) is 18.4 Å². The maximum atomic E-state index is 5.84. The first kappa shape index (κ1) is 17.6. The van der Waals surface area contributed by atoms with Crippen LogP contribution in [0, 0.1) is 13.8 Å². The molecule has 0 atom stereocenters. The summed E-state index contributed by atoms with van der Waals surface area (Å²) in [4.78, 5) is 17.7. The predicted octanol–water partition coefficient (Wildman–Crippen LogP) is 2.42. The Bertz CT molecular complexity index is 940. The summed E-state index contributed by atoms with van der Waals surface area (Å²) in [5.74, 6) is 1.56. The highest BCUT2D eigenvalue weighted by Crippen LogP contribution is 2.32. The predicted molar refractivity (Wildman–Crippen MR) is 103 cm³/mol.